The lowest BCUT2D eigenvalue weighted by Crippen LogP contribution is -2.42. The van der Waals surface area contributed by atoms with Crippen LogP contribution in [0.2, 0.25) is 0 Å². The molecule has 5 nitrogen and oxygen atoms in total. The van der Waals surface area contributed by atoms with E-state index in [1.54, 1.807) is 6.07 Å². The Kier molecular flexibility index (Phi) is 2.23. The maximum absolute atomic E-state index is 10.9. The van der Waals surface area contributed by atoms with E-state index >= 15 is 0 Å². The Balaban J connectivity index is 2.96. The van der Waals surface area contributed by atoms with E-state index in [1.807, 2.05) is 0 Å². The summed E-state index contributed by atoms with van der Waals surface area (Å²) in [5.74, 6) is -0.711. The van der Waals surface area contributed by atoms with Gasteiger partial charge in [0.25, 0.3) is 0 Å². The fourth-order valence-electron chi connectivity index (χ4n) is 0.889. The molecule has 1 aromatic heterocycles. The van der Waals surface area contributed by atoms with Crippen LogP contribution in [0.25, 0.3) is 0 Å². The molecule has 1 heterocycles. The Morgan fingerprint density at radius 1 is 1.33 bits per heavy atom. The van der Waals surface area contributed by atoms with Crippen molar-refractivity contribution >= 4 is 11.8 Å². The van der Waals surface area contributed by atoms with Gasteiger partial charge in [0.05, 0.1) is 6.20 Å². The summed E-state index contributed by atoms with van der Waals surface area (Å²) in [4.78, 5) is 23.1. The van der Waals surface area contributed by atoms with E-state index in [0.29, 0.717) is 0 Å². The molecule has 0 atom stereocenters. The van der Waals surface area contributed by atoms with Crippen LogP contribution >= 0.6 is 0 Å². The van der Waals surface area contributed by atoms with Gasteiger partial charge in [-0.25, -0.2) is 0 Å². The van der Waals surface area contributed by atoms with Crippen LogP contribution in [0.1, 0.15) is 13.8 Å². The number of hydrogen-bond acceptors (Lipinski definition) is 3. The molecule has 2 amide bonds. The standard InChI is InChI=1S/C7H9N3O2/c1-6(11)10(7(2)12)9-5-3-4-8-9/h3-5H,1-2H3. The molecule has 12 heavy (non-hydrogen) atoms. The zero-order valence-electron chi connectivity index (χ0n) is 6.89. The Labute approximate surface area is 69.6 Å². The van der Waals surface area contributed by atoms with Gasteiger partial charge < -0.3 is 0 Å². The lowest BCUT2D eigenvalue weighted by molar-refractivity contribution is -0.126. The minimum Gasteiger partial charge on any atom is -0.273 e. The first-order valence-electron chi connectivity index (χ1n) is 3.44. The van der Waals surface area contributed by atoms with E-state index in [-0.39, 0.29) is 11.8 Å². The molecule has 0 unspecified atom stereocenters. The maximum Gasteiger partial charge on any atom is 0.246 e. The highest BCUT2D eigenvalue weighted by molar-refractivity contribution is 6.06. The summed E-state index contributed by atoms with van der Waals surface area (Å²) < 4.78 is 0. The molecule has 0 aliphatic heterocycles. The number of hydrogen-bond donors (Lipinski definition) is 0. The normalized spacial score (nSPS) is 9.50. The van der Waals surface area contributed by atoms with Crippen LogP contribution < -0.4 is 5.01 Å². The first-order valence-corrected chi connectivity index (χ1v) is 3.44. The number of nitrogens with zero attached hydrogens (tertiary/aromatic N) is 3. The summed E-state index contributed by atoms with van der Waals surface area (Å²) in [6.07, 6.45) is 3.03. The van der Waals surface area contributed by atoms with Gasteiger partial charge in [0, 0.05) is 20.0 Å². The second kappa shape index (κ2) is 3.17. The highest BCUT2D eigenvalue weighted by Gasteiger charge is 2.15. The summed E-state index contributed by atoms with van der Waals surface area (Å²) >= 11 is 0. The summed E-state index contributed by atoms with van der Waals surface area (Å²) in [6, 6.07) is 1.64. The molecule has 0 spiro atoms. The van der Waals surface area contributed by atoms with Crippen LogP contribution in [0.3, 0.4) is 0 Å². The number of aromatic nitrogens is 2. The number of rotatable bonds is 1. The Morgan fingerprint density at radius 3 is 2.25 bits per heavy atom. The molecular formula is C7H9N3O2. The first kappa shape index (κ1) is 8.45. The zero-order valence-corrected chi connectivity index (χ0v) is 6.89. The van der Waals surface area contributed by atoms with Crippen LogP contribution in [0, 0.1) is 0 Å². The quantitative estimate of drug-likeness (QED) is 0.587. The topological polar surface area (TPSA) is 55.2 Å². The molecule has 1 rings (SSSR count). The number of imide groups is 1. The van der Waals surface area contributed by atoms with Crippen LogP contribution in [0.4, 0.5) is 0 Å². The Hall–Kier alpha value is -1.65. The number of amides is 2. The second-order valence-corrected chi connectivity index (χ2v) is 2.28. The van der Waals surface area contributed by atoms with E-state index in [2.05, 4.69) is 5.10 Å². The average molecular weight is 167 g/mol. The fraction of sp³-hybridized carbons (Fsp3) is 0.286. The average Bonchev–Trinajstić information content (AvgIpc) is 2.37. The van der Waals surface area contributed by atoms with Gasteiger partial charge in [0.1, 0.15) is 0 Å². The Bertz CT molecular complexity index is 278. The minimum atomic E-state index is -0.355. The van der Waals surface area contributed by atoms with Crippen molar-refractivity contribution < 1.29 is 9.59 Å². The predicted octanol–water partition coefficient (Wildman–Crippen LogP) is -0.0859. The highest BCUT2D eigenvalue weighted by Crippen LogP contribution is 1.91. The minimum absolute atomic E-state index is 0.355. The lowest BCUT2D eigenvalue weighted by atomic mass is 10.6. The molecule has 0 aliphatic rings. The second-order valence-electron chi connectivity index (χ2n) is 2.28. The molecule has 0 saturated carbocycles. The molecule has 0 fully saturated rings. The van der Waals surface area contributed by atoms with Gasteiger partial charge in [-0.3, -0.25) is 9.59 Å². The van der Waals surface area contributed by atoms with Gasteiger partial charge in [0.2, 0.25) is 11.8 Å². The van der Waals surface area contributed by atoms with E-state index in [9.17, 15) is 9.59 Å². The van der Waals surface area contributed by atoms with Crippen molar-refractivity contribution in [2.45, 2.75) is 13.8 Å². The monoisotopic (exact) mass is 167 g/mol. The SMILES string of the molecule is CC(=O)N(C(C)=O)n1cccn1. The van der Waals surface area contributed by atoms with Gasteiger partial charge in [-0.2, -0.15) is 14.9 Å². The molecule has 0 N–H and O–H groups in total. The third kappa shape index (κ3) is 1.50. The van der Waals surface area contributed by atoms with Gasteiger partial charge in [0.15, 0.2) is 0 Å². The molecule has 64 valence electrons. The lowest BCUT2D eigenvalue weighted by Gasteiger charge is -2.15. The van der Waals surface area contributed by atoms with Crippen molar-refractivity contribution in [2.24, 2.45) is 0 Å². The number of carbonyl (C=O) groups is 2. The molecule has 1 aromatic rings. The van der Waals surface area contributed by atoms with Crippen molar-refractivity contribution in [3.8, 4) is 0 Å². The molecule has 0 radical (unpaired) electrons. The largest absolute Gasteiger partial charge is 0.273 e. The summed E-state index contributed by atoms with van der Waals surface area (Å²) in [5, 5.41) is 4.70. The third-order valence-electron chi connectivity index (χ3n) is 1.29. The molecule has 0 aromatic carbocycles. The summed E-state index contributed by atoms with van der Waals surface area (Å²) in [7, 11) is 0. The van der Waals surface area contributed by atoms with Crippen molar-refractivity contribution in [2.75, 3.05) is 5.01 Å². The van der Waals surface area contributed by atoms with Crippen molar-refractivity contribution in [3.63, 3.8) is 0 Å². The number of carbonyl (C=O) groups excluding carboxylic acids is 2. The maximum atomic E-state index is 10.9. The summed E-state index contributed by atoms with van der Waals surface area (Å²) in [5.41, 5.74) is 0. The van der Waals surface area contributed by atoms with Crippen molar-refractivity contribution in [1.29, 1.82) is 0 Å². The van der Waals surface area contributed by atoms with E-state index in [0.717, 1.165) is 5.01 Å². The molecule has 0 bridgehead atoms. The van der Waals surface area contributed by atoms with Crippen LogP contribution in [0.5, 0.6) is 0 Å². The fourth-order valence-corrected chi connectivity index (χ4v) is 0.889. The van der Waals surface area contributed by atoms with Gasteiger partial charge >= 0.3 is 0 Å². The van der Waals surface area contributed by atoms with Gasteiger partial charge in [-0.15, -0.1) is 0 Å². The smallest absolute Gasteiger partial charge is 0.246 e. The van der Waals surface area contributed by atoms with E-state index < -0.39 is 0 Å². The molecule has 0 saturated heterocycles. The van der Waals surface area contributed by atoms with Crippen LogP contribution in [-0.2, 0) is 9.59 Å². The van der Waals surface area contributed by atoms with Gasteiger partial charge in [-0.05, 0) is 6.07 Å². The van der Waals surface area contributed by atoms with Crippen LogP contribution in [0.15, 0.2) is 18.5 Å². The van der Waals surface area contributed by atoms with E-state index in [4.69, 9.17) is 0 Å². The van der Waals surface area contributed by atoms with E-state index in [1.165, 1.54) is 31.0 Å². The zero-order chi connectivity index (χ0) is 9.14. The molecule has 5 heteroatoms. The molecule has 0 aliphatic carbocycles. The third-order valence-corrected chi connectivity index (χ3v) is 1.29. The van der Waals surface area contributed by atoms with Gasteiger partial charge in [-0.1, -0.05) is 0 Å². The predicted molar refractivity (Wildman–Crippen MR) is 41.8 cm³/mol. The molecular weight excluding hydrogens is 158 g/mol. The van der Waals surface area contributed by atoms with Crippen molar-refractivity contribution in [1.82, 2.24) is 9.89 Å². The Morgan fingerprint density at radius 2 is 1.92 bits per heavy atom. The first-order chi connectivity index (χ1) is 5.63. The summed E-state index contributed by atoms with van der Waals surface area (Å²) in [6.45, 7) is 2.62. The van der Waals surface area contributed by atoms with Crippen LogP contribution in [-0.4, -0.2) is 21.7 Å². The van der Waals surface area contributed by atoms with Crippen molar-refractivity contribution in [3.05, 3.63) is 18.5 Å². The highest BCUT2D eigenvalue weighted by atomic mass is 16.2.